The van der Waals surface area contributed by atoms with Crippen molar-refractivity contribution in [3.63, 3.8) is 0 Å². The molecule has 1 aromatic heterocycles. The maximum Gasteiger partial charge on any atom is 0.0450 e. The number of hydrogen-bond acceptors (Lipinski definition) is 4. The first-order chi connectivity index (χ1) is 12.2. The van der Waals surface area contributed by atoms with Crippen molar-refractivity contribution in [3.8, 4) is 0 Å². The zero-order chi connectivity index (χ0) is 17.2. The summed E-state index contributed by atoms with van der Waals surface area (Å²) in [6.45, 7) is 4.58. The number of piperidine rings is 1. The number of nitrogens with zero attached hydrogens (tertiary/aromatic N) is 3. The van der Waals surface area contributed by atoms with Crippen LogP contribution in [-0.4, -0.2) is 28.3 Å². The minimum Gasteiger partial charge on any atom is -0.313 e. The molecule has 0 atom stereocenters. The highest BCUT2D eigenvalue weighted by Gasteiger charge is 2.41. The predicted molar refractivity (Wildman–Crippen MR) is 105 cm³/mol. The molecule has 2 saturated carbocycles. The van der Waals surface area contributed by atoms with Gasteiger partial charge in [-0.3, -0.25) is 14.4 Å². The van der Waals surface area contributed by atoms with Crippen molar-refractivity contribution in [1.82, 2.24) is 14.4 Å². The third kappa shape index (κ3) is 3.98. The normalized spacial score (nSPS) is 23.0. The minimum absolute atomic E-state index is 0.369. The molecule has 25 heavy (non-hydrogen) atoms. The maximum absolute atomic E-state index is 4.34. The highest BCUT2D eigenvalue weighted by Crippen LogP contribution is 2.48. The van der Waals surface area contributed by atoms with Gasteiger partial charge in [0.05, 0.1) is 0 Å². The van der Waals surface area contributed by atoms with Crippen LogP contribution in [0.15, 0.2) is 41.8 Å². The van der Waals surface area contributed by atoms with Gasteiger partial charge in [-0.1, -0.05) is 13.3 Å². The molecule has 1 saturated heterocycles. The highest BCUT2D eigenvalue weighted by molar-refractivity contribution is 7.97. The summed E-state index contributed by atoms with van der Waals surface area (Å²) in [5.74, 6) is 0. The van der Waals surface area contributed by atoms with Crippen LogP contribution in [0.2, 0.25) is 0 Å². The van der Waals surface area contributed by atoms with Crippen molar-refractivity contribution in [2.24, 2.45) is 5.41 Å². The van der Waals surface area contributed by atoms with Crippen LogP contribution in [0.1, 0.15) is 58.3 Å². The van der Waals surface area contributed by atoms with Gasteiger partial charge in [0.2, 0.25) is 0 Å². The van der Waals surface area contributed by atoms with E-state index in [-0.39, 0.29) is 0 Å². The van der Waals surface area contributed by atoms with Gasteiger partial charge in [0, 0.05) is 48.3 Å². The molecule has 2 heterocycles. The summed E-state index contributed by atoms with van der Waals surface area (Å²) in [7, 11) is 0. The largest absolute Gasteiger partial charge is 0.313 e. The molecule has 3 aliphatic rings. The Balaban J connectivity index is 1.50. The summed E-state index contributed by atoms with van der Waals surface area (Å²) in [4.78, 5) is 5.58. The van der Waals surface area contributed by atoms with Crippen LogP contribution in [0, 0.1) is 5.41 Å². The lowest BCUT2D eigenvalue weighted by atomic mass is 9.63. The Morgan fingerprint density at radius 2 is 1.92 bits per heavy atom. The topological polar surface area (TPSA) is 33.1 Å². The molecule has 0 bridgehead atoms. The van der Waals surface area contributed by atoms with Gasteiger partial charge in [0.1, 0.15) is 0 Å². The van der Waals surface area contributed by atoms with E-state index in [0.29, 0.717) is 11.0 Å². The first kappa shape index (κ1) is 17.2. The van der Waals surface area contributed by atoms with E-state index in [1.165, 1.54) is 56.3 Å². The fourth-order valence-electron chi connectivity index (χ4n) is 4.02. The Kier molecular flexibility index (Phi) is 4.96. The van der Waals surface area contributed by atoms with Crippen molar-refractivity contribution in [1.29, 1.82) is 0 Å². The van der Waals surface area contributed by atoms with E-state index in [9.17, 15) is 0 Å². The fourth-order valence-corrected chi connectivity index (χ4v) is 5.01. The van der Waals surface area contributed by atoms with Gasteiger partial charge in [0.15, 0.2) is 0 Å². The molecular formula is C20H30N4S. The maximum atomic E-state index is 4.34. The zero-order valence-electron chi connectivity index (χ0n) is 15.3. The molecular weight excluding hydrogens is 328 g/mol. The van der Waals surface area contributed by atoms with Crippen LogP contribution < -0.4 is 9.73 Å². The van der Waals surface area contributed by atoms with E-state index >= 15 is 0 Å². The van der Waals surface area contributed by atoms with Gasteiger partial charge in [-0.25, -0.2) is 0 Å². The summed E-state index contributed by atoms with van der Waals surface area (Å²) in [5, 5.41) is 2.47. The van der Waals surface area contributed by atoms with Gasteiger partial charge < -0.3 is 5.01 Å². The molecule has 1 aliphatic heterocycles. The molecule has 2 aliphatic carbocycles. The van der Waals surface area contributed by atoms with Gasteiger partial charge in [-0.15, -0.1) is 0 Å². The van der Waals surface area contributed by atoms with E-state index in [0.717, 1.165) is 13.1 Å². The summed E-state index contributed by atoms with van der Waals surface area (Å²) in [5.41, 5.74) is 1.05. The molecule has 0 amide bonds. The van der Waals surface area contributed by atoms with Crippen LogP contribution in [0.3, 0.4) is 0 Å². The van der Waals surface area contributed by atoms with Crippen molar-refractivity contribution < 1.29 is 0 Å². The second-order valence-electron chi connectivity index (χ2n) is 8.01. The Bertz CT molecular complexity index is 637. The summed E-state index contributed by atoms with van der Waals surface area (Å²) >= 11 is 1.77. The Hall–Kier alpha value is -1.20. The number of aromatic nitrogens is 2. The van der Waals surface area contributed by atoms with Gasteiger partial charge in [-0.05, 0) is 74.4 Å². The van der Waals surface area contributed by atoms with Crippen molar-refractivity contribution >= 4 is 11.9 Å². The van der Waals surface area contributed by atoms with E-state index in [1.807, 2.05) is 18.5 Å². The summed E-state index contributed by atoms with van der Waals surface area (Å²) in [6, 6.07) is 4.18. The standard InChI is InChI=1S/C20H30N4S/c1-2-20(8-9-20)22-25-18-5-3-12-21-13-16-24(17-18)23-14-10-19(11-15-23)6-4-7-19/h3,5,12-13,16-17,22H,2,4,6-11,14-15H2,1H3. The molecule has 4 rings (SSSR count). The molecule has 1 aromatic rings. The Morgan fingerprint density at radius 3 is 2.56 bits per heavy atom. The molecule has 5 heteroatoms. The molecule has 3 fully saturated rings. The number of rotatable bonds is 5. The average molecular weight is 359 g/mol. The van der Waals surface area contributed by atoms with Crippen molar-refractivity contribution in [2.45, 2.75) is 68.7 Å². The predicted octanol–water partition coefficient (Wildman–Crippen LogP) is 4.45. The van der Waals surface area contributed by atoms with Crippen LogP contribution in [0.5, 0.6) is 0 Å². The summed E-state index contributed by atoms with van der Waals surface area (Å²) in [6.07, 6.45) is 18.9. The molecule has 0 aromatic carbocycles. The third-order valence-electron chi connectivity index (χ3n) is 6.45. The minimum atomic E-state index is 0.369. The Labute approximate surface area is 155 Å². The zero-order valence-corrected chi connectivity index (χ0v) is 16.1. The van der Waals surface area contributed by atoms with Crippen LogP contribution in [-0.2, 0) is 0 Å². The third-order valence-corrected chi connectivity index (χ3v) is 7.47. The van der Waals surface area contributed by atoms with Crippen LogP contribution in [0.25, 0.3) is 0 Å². The second-order valence-corrected chi connectivity index (χ2v) is 8.89. The smallest absolute Gasteiger partial charge is 0.0450 e. The quantitative estimate of drug-likeness (QED) is 0.789. The molecule has 0 radical (unpaired) electrons. The molecule has 0 unspecified atom stereocenters. The first-order valence-corrected chi connectivity index (χ1v) is 10.6. The van der Waals surface area contributed by atoms with Crippen molar-refractivity contribution in [2.75, 3.05) is 18.1 Å². The number of hydrogen-bond donors (Lipinski definition) is 1. The fraction of sp³-hybridized carbons (Fsp3) is 0.650. The van der Waals surface area contributed by atoms with Gasteiger partial charge in [0.25, 0.3) is 0 Å². The van der Waals surface area contributed by atoms with E-state index in [2.05, 4.69) is 44.8 Å². The van der Waals surface area contributed by atoms with Crippen LogP contribution >= 0.6 is 11.9 Å². The van der Waals surface area contributed by atoms with E-state index in [1.54, 1.807) is 11.9 Å². The summed E-state index contributed by atoms with van der Waals surface area (Å²) < 4.78 is 5.95. The van der Waals surface area contributed by atoms with E-state index in [4.69, 9.17) is 0 Å². The molecule has 4 nitrogen and oxygen atoms in total. The monoisotopic (exact) mass is 358 g/mol. The number of nitrogens with one attached hydrogen (secondary N) is 1. The lowest BCUT2D eigenvalue weighted by Gasteiger charge is -2.48. The van der Waals surface area contributed by atoms with Crippen LogP contribution in [0.4, 0.5) is 0 Å². The SMILES string of the molecule is CCC1(NSc2cccnccn(N3CCC4(CCC4)CC3)c2)CC1. The average Bonchev–Trinajstić information content (AvgIpc) is 3.38. The lowest BCUT2D eigenvalue weighted by Crippen LogP contribution is -2.47. The highest BCUT2D eigenvalue weighted by atomic mass is 32.2. The molecule has 1 N–H and O–H groups in total. The first-order valence-electron chi connectivity index (χ1n) is 9.78. The Morgan fingerprint density at radius 1 is 1.12 bits per heavy atom. The van der Waals surface area contributed by atoms with Crippen molar-refractivity contribution in [3.05, 3.63) is 36.9 Å². The van der Waals surface area contributed by atoms with Gasteiger partial charge in [-0.2, -0.15) is 0 Å². The van der Waals surface area contributed by atoms with E-state index < -0.39 is 0 Å². The lowest BCUT2D eigenvalue weighted by molar-refractivity contribution is 0.0879. The van der Waals surface area contributed by atoms with Gasteiger partial charge >= 0.3 is 0 Å². The molecule has 1 spiro atoms. The second kappa shape index (κ2) is 7.20. The molecule has 136 valence electrons.